The maximum absolute atomic E-state index is 12.1. The van der Waals surface area contributed by atoms with Gasteiger partial charge in [-0.3, -0.25) is 9.59 Å². The Morgan fingerprint density at radius 2 is 1.90 bits per heavy atom. The molecule has 0 saturated carbocycles. The summed E-state index contributed by atoms with van der Waals surface area (Å²) in [4.78, 5) is 34.9. The van der Waals surface area contributed by atoms with E-state index in [1.165, 1.54) is 7.11 Å². The molecule has 1 aromatic carbocycles. The summed E-state index contributed by atoms with van der Waals surface area (Å²) in [6.07, 6.45) is 5.86. The van der Waals surface area contributed by atoms with Crippen LogP contribution < -0.4 is 5.32 Å². The Kier molecular flexibility index (Phi) is 7.54. The molecule has 0 radical (unpaired) electrons. The van der Waals surface area contributed by atoms with E-state index < -0.39 is 18.5 Å². The molecule has 0 aliphatic heterocycles. The molecule has 0 aliphatic rings. The molecule has 152 valence electrons. The number of carbonyl (C=O) groups excluding carboxylic acids is 3. The number of esters is 2. The van der Waals surface area contributed by atoms with Gasteiger partial charge >= 0.3 is 11.9 Å². The van der Waals surface area contributed by atoms with Crippen molar-refractivity contribution < 1.29 is 23.9 Å². The predicted octanol–water partition coefficient (Wildman–Crippen LogP) is 1.50. The molecule has 29 heavy (non-hydrogen) atoms. The van der Waals surface area contributed by atoms with Crippen LogP contribution in [-0.4, -0.2) is 47.9 Å². The molecule has 1 amide bonds. The molecule has 0 spiro atoms. The van der Waals surface area contributed by atoms with Crippen LogP contribution in [0.25, 0.3) is 5.69 Å². The van der Waals surface area contributed by atoms with Crippen molar-refractivity contribution in [2.75, 3.05) is 20.3 Å². The Morgan fingerprint density at radius 3 is 2.52 bits per heavy atom. The van der Waals surface area contributed by atoms with Gasteiger partial charge in [0, 0.05) is 12.1 Å². The lowest BCUT2D eigenvalue weighted by atomic mass is 10.1. The topological polar surface area (TPSA) is 99.5 Å². The van der Waals surface area contributed by atoms with Gasteiger partial charge in [0.25, 0.3) is 5.91 Å². The molecule has 0 unspecified atom stereocenters. The molecule has 8 nitrogen and oxygen atoms in total. The molecule has 1 aromatic heterocycles. The second-order valence-electron chi connectivity index (χ2n) is 6.24. The lowest BCUT2D eigenvalue weighted by Gasteiger charge is -2.08. The third-order valence-electron chi connectivity index (χ3n) is 4.32. The third-order valence-corrected chi connectivity index (χ3v) is 4.32. The van der Waals surface area contributed by atoms with Crippen LogP contribution in [0.3, 0.4) is 0 Å². The predicted molar refractivity (Wildman–Crippen MR) is 106 cm³/mol. The van der Waals surface area contributed by atoms with Crippen molar-refractivity contribution in [3.05, 3.63) is 46.8 Å². The Bertz CT molecular complexity index is 938. The zero-order valence-corrected chi connectivity index (χ0v) is 16.7. The van der Waals surface area contributed by atoms with E-state index in [-0.39, 0.29) is 18.9 Å². The van der Waals surface area contributed by atoms with Crippen LogP contribution in [0.15, 0.2) is 24.3 Å². The van der Waals surface area contributed by atoms with E-state index in [0.717, 1.165) is 22.6 Å². The van der Waals surface area contributed by atoms with Gasteiger partial charge in [-0.1, -0.05) is 5.92 Å². The van der Waals surface area contributed by atoms with Crippen LogP contribution >= 0.6 is 0 Å². The number of ether oxygens (including phenoxy) is 2. The minimum Gasteiger partial charge on any atom is -0.469 e. The molecule has 2 aromatic rings. The molecule has 8 heteroatoms. The summed E-state index contributed by atoms with van der Waals surface area (Å²) in [5.41, 5.74) is 3.79. The number of aryl methyl sites for hydroxylation is 1. The number of amides is 1. The minimum absolute atomic E-state index is 0.0787. The van der Waals surface area contributed by atoms with Gasteiger partial charge < -0.3 is 14.8 Å². The first-order chi connectivity index (χ1) is 13.9. The maximum atomic E-state index is 12.1. The number of rotatable bonds is 8. The van der Waals surface area contributed by atoms with Crippen molar-refractivity contribution >= 4 is 17.8 Å². The van der Waals surface area contributed by atoms with Gasteiger partial charge in [0.2, 0.25) is 0 Å². The molecule has 0 bridgehead atoms. The summed E-state index contributed by atoms with van der Waals surface area (Å²) in [6.45, 7) is 3.48. The fourth-order valence-electron chi connectivity index (χ4n) is 2.77. The highest BCUT2D eigenvalue weighted by molar-refractivity contribution is 5.91. The van der Waals surface area contributed by atoms with Crippen LogP contribution in [-0.2, 0) is 25.5 Å². The first-order valence-corrected chi connectivity index (χ1v) is 8.97. The Labute approximate surface area is 169 Å². The van der Waals surface area contributed by atoms with E-state index in [2.05, 4.69) is 21.1 Å². The monoisotopic (exact) mass is 397 g/mol. The van der Waals surface area contributed by atoms with Gasteiger partial charge in [-0.05, 0) is 50.1 Å². The normalized spacial score (nSPS) is 10.1. The van der Waals surface area contributed by atoms with Gasteiger partial charge in [-0.25, -0.2) is 9.48 Å². The summed E-state index contributed by atoms with van der Waals surface area (Å²) < 4.78 is 11.4. The highest BCUT2D eigenvalue weighted by Gasteiger charge is 2.15. The van der Waals surface area contributed by atoms with Crippen molar-refractivity contribution in [1.29, 1.82) is 0 Å². The Morgan fingerprint density at radius 1 is 1.21 bits per heavy atom. The molecule has 1 N–H and O–H groups in total. The average Bonchev–Trinajstić information content (AvgIpc) is 3.02. The van der Waals surface area contributed by atoms with Crippen molar-refractivity contribution in [2.24, 2.45) is 0 Å². The molecular weight excluding hydrogens is 374 g/mol. The summed E-state index contributed by atoms with van der Waals surface area (Å²) in [5, 5.41) is 6.94. The average molecular weight is 397 g/mol. The van der Waals surface area contributed by atoms with Crippen LogP contribution in [0.1, 0.15) is 33.7 Å². The number of methoxy groups -OCH3 is 1. The minimum atomic E-state index is -0.612. The number of nitrogens with one attached hydrogen (secondary N) is 1. The quantitative estimate of drug-likeness (QED) is 0.535. The molecular formula is C21H23N3O5. The Hall–Kier alpha value is -3.60. The SMILES string of the molecule is C#CCNC(=O)COC(=O)c1ccc(-n2nc(C)c(CCC(=O)OC)c2C)cc1. The largest absolute Gasteiger partial charge is 0.469 e. The first-order valence-electron chi connectivity index (χ1n) is 8.97. The van der Waals surface area contributed by atoms with Crippen LogP contribution in [0.5, 0.6) is 0 Å². The number of carbonyl (C=O) groups is 3. The van der Waals surface area contributed by atoms with Crippen LogP contribution in [0.2, 0.25) is 0 Å². The molecule has 0 fully saturated rings. The first kappa shape index (κ1) is 21.7. The summed E-state index contributed by atoms with van der Waals surface area (Å²) in [6, 6.07) is 6.67. The molecule has 0 saturated heterocycles. The smallest absolute Gasteiger partial charge is 0.338 e. The van der Waals surface area contributed by atoms with E-state index >= 15 is 0 Å². The number of benzene rings is 1. The summed E-state index contributed by atoms with van der Waals surface area (Å²) in [5.74, 6) is 0.917. The highest BCUT2D eigenvalue weighted by Crippen LogP contribution is 2.20. The number of nitrogens with zero attached hydrogens (tertiary/aromatic N) is 2. The molecule has 1 heterocycles. The van der Waals surface area contributed by atoms with Gasteiger partial charge in [0.05, 0.1) is 30.6 Å². The maximum Gasteiger partial charge on any atom is 0.338 e. The van der Waals surface area contributed by atoms with Crippen LogP contribution in [0.4, 0.5) is 0 Å². The van der Waals surface area contributed by atoms with E-state index in [1.807, 2.05) is 13.8 Å². The highest BCUT2D eigenvalue weighted by atomic mass is 16.5. The zero-order valence-electron chi connectivity index (χ0n) is 16.7. The van der Waals surface area contributed by atoms with E-state index in [0.29, 0.717) is 12.0 Å². The fourth-order valence-corrected chi connectivity index (χ4v) is 2.77. The van der Waals surface area contributed by atoms with Crippen LogP contribution in [0, 0.1) is 26.2 Å². The number of aromatic nitrogens is 2. The molecule has 0 atom stereocenters. The van der Waals surface area contributed by atoms with Gasteiger partial charge in [0.15, 0.2) is 6.61 Å². The van der Waals surface area contributed by atoms with Gasteiger partial charge in [0.1, 0.15) is 0 Å². The fraction of sp³-hybridized carbons (Fsp3) is 0.333. The van der Waals surface area contributed by atoms with Crippen molar-refractivity contribution in [3.63, 3.8) is 0 Å². The van der Waals surface area contributed by atoms with Crippen molar-refractivity contribution in [3.8, 4) is 18.0 Å². The van der Waals surface area contributed by atoms with Crippen molar-refractivity contribution in [2.45, 2.75) is 26.7 Å². The van der Waals surface area contributed by atoms with Crippen molar-refractivity contribution in [1.82, 2.24) is 15.1 Å². The van der Waals surface area contributed by atoms with E-state index in [1.54, 1.807) is 28.9 Å². The summed E-state index contributed by atoms with van der Waals surface area (Å²) in [7, 11) is 1.36. The zero-order chi connectivity index (χ0) is 21.4. The molecule has 2 rings (SSSR count). The standard InChI is InChI=1S/C21H23N3O5/c1-5-12-22-19(25)13-29-21(27)16-6-8-17(9-7-16)24-15(3)18(14(2)23-24)10-11-20(26)28-4/h1,6-9H,10-13H2,2-4H3,(H,22,25). The second-order valence-corrected chi connectivity index (χ2v) is 6.24. The number of hydrogen-bond donors (Lipinski definition) is 1. The van der Waals surface area contributed by atoms with Gasteiger partial charge in [-0.2, -0.15) is 5.10 Å². The van der Waals surface area contributed by atoms with Gasteiger partial charge in [-0.15, -0.1) is 6.42 Å². The lowest BCUT2D eigenvalue weighted by Crippen LogP contribution is -2.28. The summed E-state index contributed by atoms with van der Waals surface area (Å²) >= 11 is 0. The number of terminal acetylenes is 1. The lowest BCUT2D eigenvalue weighted by molar-refractivity contribution is -0.140. The van der Waals surface area contributed by atoms with E-state index in [9.17, 15) is 14.4 Å². The molecule has 0 aliphatic carbocycles. The van der Waals surface area contributed by atoms with E-state index in [4.69, 9.17) is 11.2 Å². The number of hydrogen-bond acceptors (Lipinski definition) is 6. The third kappa shape index (κ3) is 5.69. The Balaban J connectivity index is 2.06. The second kappa shape index (κ2) is 10.1.